The molecule has 1 aliphatic rings. The quantitative estimate of drug-likeness (QED) is 0.776. The molecule has 0 aromatic heterocycles. The fraction of sp³-hybridized carbons (Fsp3) is 0.923. The fourth-order valence-electron chi connectivity index (χ4n) is 2.57. The maximum Gasteiger partial charge on any atom is 0.317 e. The predicted octanol–water partition coefficient (Wildman–Crippen LogP) is 2.13. The van der Waals surface area contributed by atoms with Crippen LogP contribution in [0.15, 0.2) is 0 Å². The summed E-state index contributed by atoms with van der Waals surface area (Å²) in [6, 6.07) is 0.432. The van der Waals surface area contributed by atoms with Crippen LogP contribution in [0.1, 0.15) is 44.9 Å². The van der Waals surface area contributed by atoms with Crippen LogP contribution in [0.3, 0.4) is 0 Å². The van der Waals surface area contributed by atoms with Crippen molar-refractivity contribution in [3.05, 3.63) is 0 Å². The van der Waals surface area contributed by atoms with E-state index in [1.54, 1.807) is 7.11 Å². The Morgan fingerprint density at radius 1 is 1.24 bits per heavy atom. The van der Waals surface area contributed by atoms with E-state index in [1.807, 2.05) is 0 Å². The molecule has 0 bridgehead atoms. The normalized spacial score (nSPS) is 18.9. The van der Waals surface area contributed by atoms with E-state index in [9.17, 15) is 4.79 Å². The van der Waals surface area contributed by atoms with Crippen LogP contribution in [0.5, 0.6) is 0 Å². The number of hydrogen-bond acceptors (Lipinski definition) is 3. The Morgan fingerprint density at radius 2 is 1.82 bits per heavy atom. The SMILES string of the molecule is COCCN(CC(=O)O)C1CCCCCCC1. The molecule has 0 aromatic rings. The minimum Gasteiger partial charge on any atom is -0.480 e. The third-order valence-electron chi connectivity index (χ3n) is 3.51. The molecule has 0 saturated heterocycles. The number of carbonyl (C=O) groups is 1. The molecule has 1 fully saturated rings. The largest absolute Gasteiger partial charge is 0.480 e. The summed E-state index contributed by atoms with van der Waals surface area (Å²) in [7, 11) is 1.66. The average molecular weight is 243 g/mol. The van der Waals surface area contributed by atoms with Gasteiger partial charge in [-0.15, -0.1) is 0 Å². The molecule has 0 heterocycles. The van der Waals surface area contributed by atoms with E-state index < -0.39 is 5.97 Å². The predicted molar refractivity (Wildman–Crippen MR) is 67.2 cm³/mol. The Hall–Kier alpha value is -0.610. The molecule has 4 heteroatoms. The number of ether oxygens (including phenoxy) is 1. The highest BCUT2D eigenvalue weighted by Crippen LogP contribution is 2.21. The first-order valence-corrected chi connectivity index (χ1v) is 6.69. The molecule has 0 aliphatic heterocycles. The molecule has 1 rings (SSSR count). The number of aliphatic carboxylic acids is 1. The molecule has 1 N–H and O–H groups in total. The zero-order valence-corrected chi connectivity index (χ0v) is 10.9. The van der Waals surface area contributed by atoms with Crippen molar-refractivity contribution in [2.75, 3.05) is 26.8 Å². The van der Waals surface area contributed by atoms with Crippen molar-refractivity contribution in [3.63, 3.8) is 0 Å². The lowest BCUT2D eigenvalue weighted by atomic mass is 9.95. The van der Waals surface area contributed by atoms with Gasteiger partial charge in [-0.05, 0) is 12.8 Å². The van der Waals surface area contributed by atoms with Crippen molar-refractivity contribution in [2.45, 2.75) is 51.0 Å². The number of hydrogen-bond donors (Lipinski definition) is 1. The topological polar surface area (TPSA) is 49.8 Å². The molecule has 0 amide bonds. The van der Waals surface area contributed by atoms with Gasteiger partial charge in [0.2, 0.25) is 0 Å². The molecule has 0 atom stereocenters. The third-order valence-corrected chi connectivity index (χ3v) is 3.51. The zero-order chi connectivity index (χ0) is 12.5. The smallest absolute Gasteiger partial charge is 0.317 e. The summed E-state index contributed by atoms with van der Waals surface area (Å²) < 4.78 is 5.07. The van der Waals surface area contributed by atoms with Crippen LogP contribution in [0.25, 0.3) is 0 Å². The van der Waals surface area contributed by atoms with Crippen LogP contribution in [0, 0.1) is 0 Å². The summed E-state index contributed by atoms with van der Waals surface area (Å²) in [5.74, 6) is -0.733. The minimum atomic E-state index is -0.733. The number of carboxylic acid groups (broad SMARTS) is 1. The Balaban J connectivity index is 2.48. The molecule has 0 spiro atoms. The van der Waals surface area contributed by atoms with Crippen LogP contribution in [0.4, 0.5) is 0 Å². The van der Waals surface area contributed by atoms with Gasteiger partial charge in [0.05, 0.1) is 13.2 Å². The van der Waals surface area contributed by atoms with E-state index >= 15 is 0 Å². The fourth-order valence-corrected chi connectivity index (χ4v) is 2.57. The summed E-state index contributed by atoms with van der Waals surface area (Å²) in [4.78, 5) is 13.0. The van der Waals surface area contributed by atoms with Gasteiger partial charge in [-0.25, -0.2) is 0 Å². The van der Waals surface area contributed by atoms with Crippen LogP contribution < -0.4 is 0 Å². The van der Waals surface area contributed by atoms with E-state index in [4.69, 9.17) is 9.84 Å². The number of nitrogens with zero attached hydrogens (tertiary/aromatic N) is 1. The highest BCUT2D eigenvalue weighted by Gasteiger charge is 2.21. The van der Waals surface area contributed by atoms with Crippen molar-refractivity contribution in [1.82, 2.24) is 4.90 Å². The van der Waals surface area contributed by atoms with E-state index in [1.165, 1.54) is 32.1 Å². The van der Waals surface area contributed by atoms with E-state index in [-0.39, 0.29) is 6.54 Å². The molecule has 1 saturated carbocycles. The number of rotatable bonds is 6. The number of carboxylic acids is 1. The van der Waals surface area contributed by atoms with Gasteiger partial charge in [-0.3, -0.25) is 9.69 Å². The molecule has 0 radical (unpaired) electrons. The zero-order valence-electron chi connectivity index (χ0n) is 10.9. The van der Waals surface area contributed by atoms with Gasteiger partial charge in [0, 0.05) is 19.7 Å². The van der Waals surface area contributed by atoms with E-state index in [0.717, 1.165) is 19.4 Å². The first-order valence-electron chi connectivity index (χ1n) is 6.69. The Morgan fingerprint density at radius 3 is 2.35 bits per heavy atom. The molecule has 17 heavy (non-hydrogen) atoms. The standard InChI is InChI=1S/C13H25NO3/c1-17-10-9-14(11-13(15)16)12-7-5-3-2-4-6-8-12/h12H,2-11H2,1H3,(H,15,16). The molecule has 100 valence electrons. The van der Waals surface area contributed by atoms with Gasteiger partial charge in [-0.1, -0.05) is 32.1 Å². The van der Waals surface area contributed by atoms with Crippen LogP contribution in [0.2, 0.25) is 0 Å². The lowest BCUT2D eigenvalue weighted by Crippen LogP contribution is -2.41. The average Bonchev–Trinajstić information content (AvgIpc) is 2.23. The van der Waals surface area contributed by atoms with Crippen molar-refractivity contribution < 1.29 is 14.6 Å². The molecule has 0 aromatic carbocycles. The second-order valence-electron chi connectivity index (χ2n) is 4.86. The first-order chi connectivity index (χ1) is 8.24. The summed E-state index contributed by atoms with van der Waals surface area (Å²) in [6.07, 6.45) is 8.66. The van der Waals surface area contributed by atoms with Gasteiger partial charge >= 0.3 is 5.97 Å². The summed E-state index contributed by atoms with van der Waals surface area (Å²) in [6.45, 7) is 1.49. The maximum atomic E-state index is 10.9. The lowest BCUT2D eigenvalue weighted by molar-refractivity contribution is -0.139. The van der Waals surface area contributed by atoms with Crippen LogP contribution in [-0.4, -0.2) is 48.8 Å². The highest BCUT2D eigenvalue weighted by atomic mass is 16.5. The van der Waals surface area contributed by atoms with E-state index in [2.05, 4.69) is 4.90 Å². The minimum absolute atomic E-state index is 0.147. The van der Waals surface area contributed by atoms with Crippen molar-refractivity contribution >= 4 is 5.97 Å². The second kappa shape index (κ2) is 8.48. The Kier molecular flexibility index (Phi) is 7.21. The van der Waals surface area contributed by atoms with E-state index in [0.29, 0.717) is 12.6 Å². The molecule has 0 unspecified atom stereocenters. The van der Waals surface area contributed by atoms with Crippen LogP contribution in [-0.2, 0) is 9.53 Å². The summed E-state index contributed by atoms with van der Waals surface area (Å²) in [5.41, 5.74) is 0. The van der Waals surface area contributed by atoms with Crippen molar-refractivity contribution in [2.24, 2.45) is 0 Å². The molecule has 1 aliphatic carbocycles. The summed E-state index contributed by atoms with van der Waals surface area (Å²) in [5, 5.41) is 8.96. The molecule has 4 nitrogen and oxygen atoms in total. The van der Waals surface area contributed by atoms with Gasteiger partial charge in [0.15, 0.2) is 0 Å². The molecular formula is C13H25NO3. The Bertz CT molecular complexity index is 213. The maximum absolute atomic E-state index is 10.9. The monoisotopic (exact) mass is 243 g/mol. The number of methoxy groups -OCH3 is 1. The highest BCUT2D eigenvalue weighted by molar-refractivity contribution is 5.69. The van der Waals surface area contributed by atoms with Crippen molar-refractivity contribution in [1.29, 1.82) is 0 Å². The third kappa shape index (κ3) is 6.03. The van der Waals surface area contributed by atoms with Crippen LogP contribution >= 0.6 is 0 Å². The van der Waals surface area contributed by atoms with Gasteiger partial charge in [0.25, 0.3) is 0 Å². The first kappa shape index (κ1) is 14.5. The summed E-state index contributed by atoms with van der Waals surface area (Å²) >= 11 is 0. The van der Waals surface area contributed by atoms with Gasteiger partial charge in [0.1, 0.15) is 0 Å². The molecular weight excluding hydrogens is 218 g/mol. The van der Waals surface area contributed by atoms with Gasteiger partial charge in [-0.2, -0.15) is 0 Å². The van der Waals surface area contributed by atoms with Crippen molar-refractivity contribution in [3.8, 4) is 0 Å². The second-order valence-corrected chi connectivity index (χ2v) is 4.86. The van der Waals surface area contributed by atoms with Gasteiger partial charge < -0.3 is 9.84 Å². The Labute approximate surface area is 104 Å². The lowest BCUT2D eigenvalue weighted by Gasteiger charge is -2.31.